The van der Waals surface area contributed by atoms with Crippen LogP contribution in [0.1, 0.15) is 265 Å². The molecule has 0 aromatic rings. The van der Waals surface area contributed by atoms with Gasteiger partial charge >= 0.3 is 17.9 Å². The van der Waals surface area contributed by atoms with Crippen LogP contribution in [0.25, 0.3) is 0 Å². The third-order valence-electron chi connectivity index (χ3n) is 13.2. The lowest BCUT2D eigenvalue weighted by Gasteiger charge is -2.18. The average molecular weight is 1120 g/mol. The van der Waals surface area contributed by atoms with Crippen LogP contribution in [0.3, 0.4) is 0 Å². The van der Waals surface area contributed by atoms with E-state index in [-0.39, 0.29) is 37.5 Å². The van der Waals surface area contributed by atoms with Crippen molar-refractivity contribution < 1.29 is 28.6 Å². The Labute approximate surface area is 498 Å². The van der Waals surface area contributed by atoms with Crippen LogP contribution >= 0.6 is 0 Å². The number of unbranched alkanes of at least 4 members (excludes halogenated alkanes) is 18. The molecule has 0 heterocycles. The summed E-state index contributed by atoms with van der Waals surface area (Å²) in [6.07, 6.45) is 99.2. The molecule has 0 bridgehead atoms. The van der Waals surface area contributed by atoms with E-state index >= 15 is 0 Å². The van der Waals surface area contributed by atoms with Crippen molar-refractivity contribution in [3.63, 3.8) is 0 Å². The summed E-state index contributed by atoms with van der Waals surface area (Å²) in [7, 11) is 0. The maximum atomic E-state index is 12.9. The number of hydrogen-bond donors (Lipinski definition) is 0. The number of carbonyl (C=O) groups excluding carboxylic acids is 3. The molecule has 0 N–H and O–H groups in total. The van der Waals surface area contributed by atoms with E-state index in [9.17, 15) is 14.4 Å². The van der Waals surface area contributed by atoms with E-state index in [4.69, 9.17) is 14.2 Å². The first kappa shape index (κ1) is 75.8. The summed E-state index contributed by atoms with van der Waals surface area (Å²) in [5.41, 5.74) is 0. The van der Waals surface area contributed by atoms with Crippen molar-refractivity contribution in [2.24, 2.45) is 0 Å². The Morgan fingerprint density at radius 3 is 0.778 bits per heavy atom. The van der Waals surface area contributed by atoms with Gasteiger partial charge in [0.2, 0.25) is 0 Å². The number of carbonyl (C=O) groups is 3. The van der Waals surface area contributed by atoms with E-state index in [1.807, 2.05) is 0 Å². The quantitative estimate of drug-likeness (QED) is 0.0261. The van der Waals surface area contributed by atoms with Gasteiger partial charge in [-0.15, -0.1) is 0 Å². The largest absolute Gasteiger partial charge is 0.462 e. The number of allylic oxidation sites excluding steroid dienone is 28. The van der Waals surface area contributed by atoms with Crippen LogP contribution in [-0.2, 0) is 28.6 Å². The van der Waals surface area contributed by atoms with Gasteiger partial charge in [-0.3, -0.25) is 14.4 Å². The standard InChI is InChI=1S/C75H118O6/c1-4-7-10-13-16-19-22-25-28-31-33-34-35-36-37-38-39-40-42-44-47-50-53-56-59-62-65-68-74(77)80-71-72(70-79-73(76)67-64-61-58-55-52-49-46-43-30-27-24-21-18-15-12-9-6-3)81-75(78)69-66-63-60-57-54-51-48-45-41-32-29-26-23-20-17-14-11-8-5-2/h7,9-10,12,16-21,25-30,33-34,36-37,39-40,44,46-47,49,53,56,72H,4-6,8,11,13-15,22-24,31-32,35,38,41-43,45,48,50-52,54-55,57-71H2,1-3H3/b10-7-,12-9-,19-16-,20-17-,21-18-,28-25-,29-26-,30-27-,34-33-,37-36-,40-39-,47-44-,49-46-,56-53-. The third kappa shape index (κ3) is 65.5. The fraction of sp³-hybridized carbons (Fsp3) is 0.587. The molecular weight excluding hydrogens is 997 g/mol. The molecule has 0 aliphatic heterocycles. The van der Waals surface area contributed by atoms with Crippen LogP contribution in [0.4, 0.5) is 0 Å². The molecule has 6 heteroatoms. The molecule has 0 rings (SSSR count). The zero-order valence-electron chi connectivity index (χ0n) is 52.0. The molecule has 1 unspecified atom stereocenters. The number of hydrogen-bond acceptors (Lipinski definition) is 6. The SMILES string of the molecule is CC/C=C\C/C=C\C/C=C\C/C=C\C/C=C\C/C=C\C/C=C\C/C=C\CCCCC(=O)OCC(COC(=O)CCCCCC/C=C\C/C=C\C/C=C\C/C=C\CC)OC(=O)CCCCCCCCCCC/C=C\C/C=C\CCCCC. The van der Waals surface area contributed by atoms with Gasteiger partial charge in [0.1, 0.15) is 13.2 Å². The highest BCUT2D eigenvalue weighted by atomic mass is 16.6. The number of ether oxygens (including phenoxy) is 3. The van der Waals surface area contributed by atoms with Crippen LogP contribution in [0.5, 0.6) is 0 Å². The Morgan fingerprint density at radius 2 is 0.481 bits per heavy atom. The minimum atomic E-state index is -0.820. The van der Waals surface area contributed by atoms with Crippen molar-refractivity contribution in [3.8, 4) is 0 Å². The summed E-state index contributed by atoms with van der Waals surface area (Å²) in [6, 6.07) is 0. The third-order valence-corrected chi connectivity index (χ3v) is 13.2. The van der Waals surface area contributed by atoms with Gasteiger partial charge in [0.25, 0.3) is 0 Å². The Bertz CT molecular complexity index is 1860. The zero-order chi connectivity index (χ0) is 58.5. The smallest absolute Gasteiger partial charge is 0.306 e. The van der Waals surface area contributed by atoms with E-state index in [1.165, 1.54) is 70.6 Å². The summed E-state index contributed by atoms with van der Waals surface area (Å²) in [4.78, 5) is 38.4. The van der Waals surface area contributed by atoms with Crippen molar-refractivity contribution in [1.29, 1.82) is 0 Å². The second-order valence-corrected chi connectivity index (χ2v) is 20.9. The number of esters is 3. The molecule has 0 aromatic carbocycles. The molecule has 454 valence electrons. The topological polar surface area (TPSA) is 78.9 Å². The summed E-state index contributed by atoms with van der Waals surface area (Å²) in [5.74, 6) is -0.988. The van der Waals surface area contributed by atoms with Crippen LogP contribution in [-0.4, -0.2) is 37.2 Å². The predicted octanol–water partition coefficient (Wildman–Crippen LogP) is 22.7. The molecule has 6 nitrogen and oxygen atoms in total. The van der Waals surface area contributed by atoms with Gasteiger partial charge in [0.15, 0.2) is 6.10 Å². The molecule has 81 heavy (non-hydrogen) atoms. The maximum absolute atomic E-state index is 12.9. The van der Waals surface area contributed by atoms with Crippen molar-refractivity contribution in [3.05, 3.63) is 170 Å². The van der Waals surface area contributed by atoms with Gasteiger partial charge in [-0.05, 0) is 154 Å². The second-order valence-electron chi connectivity index (χ2n) is 20.9. The average Bonchev–Trinajstić information content (AvgIpc) is 3.47. The van der Waals surface area contributed by atoms with Crippen LogP contribution in [0.15, 0.2) is 170 Å². The van der Waals surface area contributed by atoms with Gasteiger partial charge in [0.05, 0.1) is 0 Å². The molecule has 0 saturated heterocycles. The summed E-state index contributed by atoms with van der Waals surface area (Å²) in [6.45, 7) is 6.33. The molecule has 0 radical (unpaired) electrons. The molecule has 0 amide bonds. The lowest BCUT2D eigenvalue weighted by Crippen LogP contribution is -2.30. The van der Waals surface area contributed by atoms with E-state index in [2.05, 4.69) is 191 Å². The first-order chi connectivity index (χ1) is 40.0. The molecule has 0 saturated carbocycles. The zero-order valence-corrected chi connectivity index (χ0v) is 52.0. The van der Waals surface area contributed by atoms with E-state index in [0.29, 0.717) is 19.3 Å². The fourth-order valence-corrected chi connectivity index (χ4v) is 8.36. The Kier molecular flexibility index (Phi) is 62.9. The molecule has 0 fully saturated rings. The van der Waals surface area contributed by atoms with Gasteiger partial charge in [-0.25, -0.2) is 0 Å². The van der Waals surface area contributed by atoms with Gasteiger partial charge < -0.3 is 14.2 Å². The van der Waals surface area contributed by atoms with Crippen LogP contribution in [0, 0.1) is 0 Å². The lowest BCUT2D eigenvalue weighted by atomic mass is 10.1. The molecule has 1 atom stereocenters. The highest BCUT2D eigenvalue weighted by Gasteiger charge is 2.19. The Hall–Kier alpha value is -5.23. The summed E-state index contributed by atoms with van der Waals surface area (Å²) >= 11 is 0. The second kappa shape index (κ2) is 67.3. The van der Waals surface area contributed by atoms with Crippen LogP contribution < -0.4 is 0 Å². The molecule has 0 aliphatic carbocycles. The monoisotopic (exact) mass is 1110 g/mol. The van der Waals surface area contributed by atoms with E-state index < -0.39 is 6.10 Å². The molecule has 0 aliphatic rings. The van der Waals surface area contributed by atoms with Crippen molar-refractivity contribution in [2.75, 3.05) is 13.2 Å². The minimum Gasteiger partial charge on any atom is -0.462 e. The van der Waals surface area contributed by atoms with Crippen molar-refractivity contribution >= 4 is 17.9 Å². The van der Waals surface area contributed by atoms with E-state index in [1.54, 1.807) is 0 Å². The van der Waals surface area contributed by atoms with E-state index in [0.717, 1.165) is 148 Å². The first-order valence-electron chi connectivity index (χ1n) is 32.6. The first-order valence-corrected chi connectivity index (χ1v) is 32.6. The van der Waals surface area contributed by atoms with Crippen LogP contribution in [0.2, 0.25) is 0 Å². The Balaban J connectivity index is 4.53. The normalized spacial score (nSPS) is 13.3. The molecule has 0 aromatic heterocycles. The van der Waals surface area contributed by atoms with Gasteiger partial charge in [-0.1, -0.05) is 262 Å². The van der Waals surface area contributed by atoms with Crippen molar-refractivity contribution in [1.82, 2.24) is 0 Å². The van der Waals surface area contributed by atoms with Gasteiger partial charge in [0, 0.05) is 19.3 Å². The lowest BCUT2D eigenvalue weighted by molar-refractivity contribution is -0.167. The highest BCUT2D eigenvalue weighted by Crippen LogP contribution is 2.14. The summed E-state index contributed by atoms with van der Waals surface area (Å²) in [5, 5.41) is 0. The summed E-state index contributed by atoms with van der Waals surface area (Å²) < 4.78 is 16.9. The van der Waals surface area contributed by atoms with Gasteiger partial charge in [-0.2, -0.15) is 0 Å². The fourth-order valence-electron chi connectivity index (χ4n) is 8.36. The molecule has 0 spiro atoms. The minimum absolute atomic E-state index is 0.114. The molecular formula is C75H118O6. The Morgan fingerprint density at radius 1 is 0.259 bits per heavy atom. The maximum Gasteiger partial charge on any atom is 0.306 e. The van der Waals surface area contributed by atoms with Crippen molar-refractivity contribution in [2.45, 2.75) is 271 Å². The predicted molar refractivity (Wildman–Crippen MR) is 352 cm³/mol. The number of rotatable bonds is 57. The highest BCUT2D eigenvalue weighted by molar-refractivity contribution is 5.71.